The second kappa shape index (κ2) is 12.1. The molecule has 3 aromatic rings. The van der Waals surface area contributed by atoms with Gasteiger partial charge in [-0.25, -0.2) is 0 Å². The fraction of sp³-hybridized carbons (Fsp3) is 0.464. The molecule has 0 spiro atoms. The zero-order valence-electron chi connectivity index (χ0n) is 22.8. The number of aromatic nitrogens is 3. The van der Waals surface area contributed by atoms with Gasteiger partial charge in [-0.05, 0) is 74.3 Å². The van der Waals surface area contributed by atoms with Gasteiger partial charge in [-0.15, -0.1) is 21.5 Å². The summed E-state index contributed by atoms with van der Waals surface area (Å²) in [5, 5.41) is 26.1. The summed E-state index contributed by atoms with van der Waals surface area (Å²) in [6.07, 6.45) is 2.87. The number of nitrogens with zero attached hydrogens (tertiary/aromatic N) is 4. The molecule has 2 aromatic heterocycles. The number of carbonyl (C=O) groups excluding carboxylic acids is 2. The lowest BCUT2D eigenvalue weighted by Crippen LogP contribution is -2.28. The summed E-state index contributed by atoms with van der Waals surface area (Å²) < 4.78 is 1.89. The molecule has 2 amide bonds. The van der Waals surface area contributed by atoms with E-state index in [2.05, 4.69) is 47.7 Å². The van der Waals surface area contributed by atoms with Crippen LogP contribution < -0.4 is 10.6 Å². The second-order valence-electron chi connectivity index (χ2n) is 10.7. The first-order valence-corrected chi connectivity index (χ1v) is 15.2. The van der Waals surface area contributed by atoms with Crippen LogP contribution in [0, 0.1) is 22.7 Å². The monoisotopic (exact) mass is 584 g/mol. The van der Waals surface area contributed by atoms with Gasteiger partial charge < -0.3 is 15.2 Å². The molecule has 0 unspecified atom stereocenters. The molecule has 0 saturated heterocycles. The van der Waals surface area contributed by atoms with E-state index in [1.165, 1.54) is 28.0 Å². The van der Waals surface area contributed by atoms with Crippen molar-refractivity contribution in [1.82, 2.24) is 20.1 Å². The summed E-state index contributed by atoms with van der Waals surface area (Å²) in [7, 11) is 0. The van der Waals surface area contributed by atoms with E-state index in [1.807, 2.05) is 18.4 Å². The number of nitriles is 1. The summed E-state index contributed by atoms with van der Waals surface area (Å²) in [5.74, 6) is 0.857. The Kier molecular flexibility index (Phi) is 9.04. The first-order valence-electron chi connectivity index (χ1n) is 13.0. The summed E-state index contributed by atoms with van der Waals surface area (Å²) in [6.45, 7) is 11.2. The number of anilines is 1. The third-order valence-electron chi connectivity index (χ3n) is 7.09. The van der Waals surface area contributed by atoms with Crippen LogP contribution in [0.4, 0.5) is 5.00 Å². The number of hydrogen-bond acceptors (Lipinski definition) is 7. The lowest BCUT2D eigenvalue weighted by atomic mass is 9.72. The predicted molar refractivity (Wildman–Crippen MR) is 156 cm³/mol. The third kappa shape index (κ3) is 6.65. The first kappa shape index (κ1) is 29.1. The van der Waals surface area contributed by atoms with Gasteiger partial charge >= 0.3 is 0 Å². The molecule has 1 aliphatic carbocycles. The van der Waals surface area contributed by atoms with Gasteiger partial charge in [0, 0.05) is 22.0 Å². The zero-order chi connectivity index (χ0) is 28.3. The smallest absolute Gasteiger partial charge is 0.251 e. The molecule has 0 fully saturated rings. The molecule has 0 saturated carbocycles. The molecule has 2 N–H and O–H groups in total. The number of nitrogens with one attached hydrogen (secondary N) is 2. The van der Waals surface area contributed by atoms with Crippen LogP contribution in [0.15, 0.2) is 29.4 Å². The van der Waals surface area contributed by atoms with E-state index >= 15 is 0 Å². The Bertz CT molecular complexity index is 1400. The number of amides is 2. The fourth-order valence-corrected chi connectivity index (χ4v) is 7.02. The van der Waals surface area contributed by atoms with E-state index in [1.54, 1.807) is 24.3 Å². The molecule has 4 rings (SSSR count). The van der Waals surface area contributed by atoms with Crippen molar-refractivity contribution in [3.05, 3.63) is 56.7 Å². The first-order chi connectivity index (χ1) is 18.5. The minimum atomic E-state index is -0.392. The van der Waals surface area contributed by atoms with Crippen LogP contribution in [0.25, 0.3) is 0 Å². The van der Waals surface area contributed by atoms with Crippen molar-refractivity contribution in [3.8, 4) is 6.07 Å². The molecule has 11 heteroatoms. The molecular weight excluding hydrogens is 552 g/mol. The van der Waals surface area contributed by atoms with Gasteiger partial charge in [-0.1, -0.05) is 44.1 Å². The Hall–Kier alpha value is -2.87. The number of benzene rings is 1. The van der Waals surface area contributed by atoms with E-state index in [9.17, 15) is 14.9 Å². The molecular formula is C28H33ClN6O2S2. The van der Waals surface area contributed by atoms with Crippen LogP contribution in [-0.4, -0.2) is 32.3 Å². The van der Waals surface area contributed by atoms with Gasteiger partial charge in [0.1, 0.15) is 11.1 Å². The van der Waals surface area contributed by atoms with Crippen molar-refractivity contribution in [1.29, 1.82) is 5.26 Å². The Balaban J connectivity index is 1.39. The van der Waals surface area contributed by atoms with Gasteiger partial charge in [0.05, 0.1) is 17.4 Å². The third-order valence-corrected chi connectivity index (χ3v) is 9.48. The van der Waals surface area contributed by atoms with Crippen LogP contribution in [0.1, 0.15) is 79.3 Å². The van der Waals surface area contributed by atoms with Gasteiger partial charge in [-0.3, -0.25) is 9.59 Å². The number of carbonyl (C=O) groups is 2. The van der Waals surface area contributed by atoms with Crippen molar-refractivity contribution < 1.29 is 9.59 Å². The summed E-state index contributed by atoms with van der Waals surface area (Å²) in [6, 6.07) is 8.60. The highest BCUT2D eigenvalue weighted by Gasteiger charge is 2.32. The Morgan fingerprint density at radius 3 is 2.64 bits per heavy atom. The number of thioether (sulfide) groups is 1. The highest BCUT2D eigenvalue weighted by molar-refractivity contribution is 7.99. The molecule has 8 nitrogen and oxygen atoms in total. The molecule has 0 aliphatic heterocycles. The van der Waals surface area contributed by atoms with Crippen LogP contribution >= 0.6 is 34.7 Å². The fourth-order valence-electron chi connectivity index (χ4n) is 4.79. The highest BCUT2D eigenvalue weighted by atomic mass is 35.5. The maximum Gasteiger partial charge on any atom is 0.251 e. The summed E-state index contributed by atoms with van der Waals surface area (Å²) in [4.78, 5) is 26.7. The normalized spacial score (nSPS) is 15.8. The van der Waals surface area contributed by atoms with Crippen LogP contribution in [-0.2, 0) is 24.2 Å². The van der Waals surface area contributed by atoms with Crippen LogP contribution in [0.2, 0.25) is 5.02 Å². The number of thiophene rings is 1. The maximum absolute atomic E-state index is 12.9. The quantitative estimate of drug-likeness (QED) is 0.302. The molecule has 2 atom stereocenters. The minimum Gasteiger partial charge on any atom is -0.342 e. The molecule has 1 aromatic carbocycles. The van der Waals surface area contributed by atoms with Crippen molar-refractivity contribution in [2.24, 2.45) is 11.3 Å². The Morgan fingerprint density at radius 1 is 1.28 bits per heavy atom. The maximum atomic E-state index is 12.9. The average molecular weight is 585 g/mol. The van der Waals surface area contributed by atoms with Gasteiger partial charge in [0.2, 0.25) is 5.91 Å². The minimum absolute atomic E-state index is 0.127. The predicted octanol–water partition coefficient (Wildman–Crippen LogP) is 6.26. The highest BCUT2D eigenvalue weighted by Crippen LogP contribution is 2.44. The van der Waals surface area contributed by atoms with Gasteiger partial charge in [-0.2, -0.15) is 5.26 Å². The van der Waals surface area contributed by atoms with Crippen LogP contribution in [0.5, 0.6) is 0 Å². The lowest BCUT2D eigenvalue weighted by molar-refractivity contribution is -0.113. The number of halogens is 1. The molecule has 39 heavy (non-hydrogen) atoms. The SMILES string of the molecule is CCn1c(SCC(=O)Nc2sc3c(c2C#N)CC[C@H](C(C)(C)C)C3)nnc1[C@@H](C)NC(=O)c1ccc(Cl)cc1. The van der Waals surface area contributed by atoms with E-state index < -0.39 is 6.04 Å². The van der Waals surface area contributed by atoms with Gasteiger partial charge in [0.25, 0.3) is 5.91 Å². The van der Waals surface area contributed by atoms with Crippen molar-refractivity contribution >= 4 is 51.5 Å². The second-order valence-corrected chi connectivity index (χ2v) is 13.2. The average Bonchev–Trinajstić information content (AvgIpc) is 3.46. The molecule has 1 aliphatic rings. The van der Waals surface area contributed by atoms with Crippen molar-refractivity contribution in [2.75, 3.05) is 11.1 Å². The lowest BCUT2D eigenvalue weighted by Gasteiger charge is -2.33. The number of rotatable bonds is 8. The number of hydrogen-bond donors (Lipinski definition) is 2. The summed E-state index contributed by atoms with van der Waals surface area (Å²) >= 11 is 8.73. The van der Waals surface area contributed by atoms with Crippen molar-refractivity contribution in [2.45, 2.75) is 71.6 Å². The summed E-state index contributed by atoms with van der Waals surface area (Å²) in [5.41, 5.74) is 2.40. The van der Waals surface area contributed by atoms with Crippen LogP contribution in [0.3, 0.4) is 0 Å². The standard InChI is InChI=1S/C28H33ClN6O2S2/c1-6-35-24(16(2)31-25(37)17-7-10-19(29)11-8-17)33-34-27(35)38-15-23(36)32-26-21(14-30)20-12-9-18(28(3,4)5)13-22(20)39-26/h7-8,10-11,16,18H,6,9,12-13,15H2,1-5H3,(H,31,37)(H,32,36)/t16-,18+/m1/s1. The Morgan fingerprint density at radius 2 is 2.00 bits per heavy atom. The Labute approximate surface area is 242 Å². The zero-order valence-corrected chi connectivity index (χ0v) is 25.2. The van der Waals surface area contributed by atoms with E-state index in [4.69, 9.17) is 11.6 Å². The molecule has 0 radical (unpaired) electrons. The van der Waals surface area contributed by atoms with E-state index in [0.29, 0.717) is 44.6 Å². The topological polar surface area (TPSA) is 113 Å². The van der Waals surface area contributed by atoms with E-state index in [-0.39, 0.29) is 23.0 Å². The largest absolute Gasteiger partial charge is 0.342 e. The molecule has 2 heterocycles. The molecule has 206 valence electrons. The number of fused-ring (bicyclic) bond motifs is 1. The van der Waals surface area contributed by atoms with E-state index in [0.717, 1.165) is 24.8 Å². The van der Waals surface area contributed by atoms with Crippen molar-refractivity contribution in [3.63, 3.8) is 0 Å². The van der Waals surface area contributed by atoms with Gasteiger partial charge in [0.15, 0.2) is 11.0 Å². The molecule has 0 bridgehead atoms.